The lowest BCUT2D eigenvalue weighted by atomic mass is 10.2. The predicted molar refractivity (Wildman–Crippen MR) is 70.7 cm³/mol. The smallest absolute Gasteiger partial charge is 0.227 e. The molecule has 1 saturated heterocycles. The largest absolute Gasteiger partial charge is 0.309 e. The van der Waals surface area contributed by atoms with Crippen LogP contribution in [0.1, 0.15) is 6.42 Å². The first kappa shape index (κ1) is 13.1. The molecule has 2 rings (SSSR count). The first-order valence-electron chi connectivity index (χ1n) is 5.03. The van der Waals surface area contributed by atoms with E-state index >= 15 is 0 Å². The molecule has 6 heteroatoms. The number of rotatable bonds is 2. The van der Waals surface area contributed by atoms with Gasteiger partial charge in [0.2, 0.25) is 5.91 Å². The molecule has 1 aromatic carbocycles. The molecule has 17 heavy (non-hydrogen) atoms. The molecule has 1 aliphatic rings. The number of amides is 1. The van der Waals surface area contributed by atoms with Gasteiger partial charge in [-0.3, -0.25) is 4.79 Å². The Bertz CT molecular complexity index is 446. The average molecular weight is 341 g/mol. The third-order valence-electron chi connectivity index (χ3n) is 2.67. The highest BCUT2D eigenvalue weighted by molar-refractivity contribution is 9.09. The Kier molecular flexibility index (Phi) is 3.95. The van der Waals surface area contributed by atoms with Crippen LogP contribution in [0.3, 0.4) is 0 Å². The van der Waals surface area contributed by atoms with E-state index in [1.54, 1.807) is 0 Å². The van der Waals surface area contributed by atoms with Crippen LogP contribution in [0.5, 0.6) is 0 Å². The van der Waals surface area contributed by atoms with Crippen LogP contribution < -0.4 is 4.90 Å². The summed E-state index contributed by atoms with van der Waals surface area (Å²) in [5.74, 6) is -0.308. The molecule has 1 aromatic rings. The Morgan fingerprint density at radius 1 is 1.41 bits per heavy atom. The number of alkyl halides is 1. The third kappa shape index (κ3) is 2.59. The van der Waals surface area contributed by atoms with Crippen molar-refractivity contribution >= 4 is 50.7 Å². The topological polar surface area (TPSA) is 20.3 Å². The molecule has 1 fully saturated rings. The van der Waals surface area contributed by atoms with E-state index in [-0.39, 0.29) is 21.9 Å². The Labute approximate surface area is 117 Å². The molecule has 2 nitrogen and oxygen atoms in total. The normalized spacial score (nSPS) is 20.1. The fraction of sp³-hybridized carbons (Fsp3) is 0.364. The van der Waals surface area contributed by atoms with Gasteiger partial charge in [-0.25, -0.2) is 4.39 Å². The van der Waals surface area contributed by atoms with Crippen LogP contribution in [0.25, 0.3) is 0 Å². The first-order chi connectivity index (χ1) is 8.02. The molecule has 0 bridgehead atoms. The molecular weight excluding hydrogens is 332 g/mol. The van der Waals surface area contributed by atoms with Crippen LogP contribution in [0.15, 0.2) is 12.1 Å². The number of hydrogen-bond donors (Lipinski definition) is 0. The second-order valence-corrected chi connectivity index (χ2v) is 5.41. The summed E-state index contributed by atoms with van der Waals surface area (Å²) < 4.78 is 13.1. The van der Waals surface area contributed by atoms with Gasteiger partial charge < -0.3 is 4.90 Å². The minimum Gasteiger partial charge on any atom is -0.309 e. The van der Waals surface area contributed by atoms with Crippen LogP contribution in [-0.2, 0) is 4.79 Å². The van der Waals surface area contributed by atoms with Gasteiger partial charge in [-0.05, 0) is 18.1 Å². The lowest BCUT2D eigenvalue weighted by Crippen LogP contribution is -2.25. The molecule has 1 aliphatic heterocycles. The summed E-state index contributed by atoms with van der Waals surface area (Å²) >= 11 is 15.2. The van der Waals surface area contributed by atoms with Crippen molar-refractivity contribution in [2.24, 2.45) is 5.92 Å². The van der Waals surface area contributed by atoms with Crippen molar-refractivity contribution in [2.45, 2.75) is 6.42 Å². The zero-order valence-corrected chi connectivity index (χ0v) is 11.8. The Morgan fingerprint density at radius 2 is 2.00 bits per heavy atom. The van der Waals surface area contributed by atoms with E-state index in [1.807, 2.05) is 0 Å². The molecule has 0 aliphatic carbocycles. The van der Waals surface area contributed by atoms with E-state index in [0.29, 0.717) is 18.7 Å². The SMILES string of the molecule is O=C1CC(CBr)CN1c1c(Cl)cc(F)cc1Cl. The predicted octanol–water partition coefficient (Wildman–Crippen LogP) is 3.88. The van der Waals surface area contributed by atoms with Crippen molar-refractivity contribution in [1.29, 1.82) is 0 Å². The quantitative estimate of drug-likeness (QED) is 0.748. The summed E-state index contributed by atoms with van der Waals surface area (Å²) in [6.45, 7) is 0.551. The van der Waals surface area contributed by atoms with Crippen LogP contribution in [0.2, 0.25) is 10.0 Å². The van der Waals surface area contributed by atoms with Gasteiger partial charge >= 0.3 is 0 Å². The van der Waals surface area contributed by atoms with Crippen molar-refractivity contribution in [3.05, 3.63) is 28.0 Å². The van der Waals surface area contributed by atoms with Gasteiger partial charge in [0.25, 0.3) is 0 Å². The lowest BCUT2D eigenvalue weighted by molar-refractivity contribution is -0.117. The van der Waals surface area contributed by atoms with E-state index < -0.39 is 5.82 Å². The number of benzene rings is 1. The maximum Gasteiger partial charge on any atom is 0.227 e. The molecule has 92 valence electrons. The average Bonchev–Trinajstić information content (AvgIpc) is 2.59. The molecule has 1 heterocycles. The number of halogens is 4. The molecule has 0 N–H and O–H groups in total. The highest BCUT2D eigenvalue weighted by Gasteiger charge is 2.32. The third-order valence-corrected chi connectivity index (χ3v) is 4.17. The van der Waals surface area contributed by atoms with Gasteiger partial charge in [-0.2, -0.15) is 0 Å². The van der Waals surface area contributed by atoms with Gasteiger partial charge in [-0.15, -0.1) is 0 Å². The summed E-state index contributed by atoms with van der Waals surface area (Å²) in [5.41, 5.74) is 0.406. The Hall–Kier alpha value is -0.320. The maximum absolute atomic E-state index is 13.1. The lowest BCUT2D eigenvalue weighted by Gasteiger charge is -2.19. The summed E-state index contributed by atoms with van der Waals surface area (Å²) in [4.78, 5) is 13.4. The highest BCUT2D eigenvalue weighted by Crippen LogP contribution is 2.38. The minimum atomic E-state index is -0.507. The molecular formula is C11H9BrCl2FNO. The van der Waals surface area contributed by atoms with Crippen LogP contribution in [0.4, 0.5) is 10.1 Å². The fourth-order valence-corrected chi connectivity index (χ4v) is 2.99. The molecule has 0 aromatic heterocycles. The standard InChI is InChI=1S/C11H9BrCl2FNO/c12-4-6-1-10(17)16(5-6)11-8(13)2-7(15)3-9(11)14/h2-3,6H,1,4-5H2. The minimum absolute atomic E-state index is 0.0372. The van der Waals surface area contributed by atoms with E-state index in [0.717, 1.165) is 17.5 Å². The van der Waals surface area contributed by atoms with Gasteiger partial charge in [0.05, 0.1) is 15.7 Å². The maximum atomic E-state index is 13.1. The molecule has 1 unspecified atom stereocenters. The van der Waals surface area contributed by atoms with Crippen LogP contribution >= 0.6 is 39.1 Å². The van der Waals surface area contributed by atoms with Crippen molar-refractivity contribution in [3.8, 4) is 0 Å². The monoisotopic (exact) mass is 339 g/mol. The van der Waals surface area contributed by atoms with Crippen molar-refractivity contribution in [3.63, 3.8) is 0 Å². The summed E-state index contributed by atoms with van der Waals surface area (Å²) in [5, 5.41) is 1.07. The second-order valence-electron chi connectivity index (χ2n) is 3.95. The Balaban J connectivity index is 2.38. The Morgan fingerprint density at radius 3 is 2.47 bits per heavy atom. The number of carbonyl (C=O) groups is 1. The van der Waals surface area contributed by atoms with Gasteiger partial charge in [0, 0.05) is 18.3 Å². The van der Waals surface area contributed by atoms with E-state index in [2.05, 4.69) is 15.9 Å². The van der Waals surface area contributed by atoms with Crippen LogP contribution in [-0.4, -0.2) is 17.8 Å². The molecule has 1 amide bonds. The summed E-state index contributed by atoms with van der Waals surface area (Å²) in [6, 6.07) is 2.33. The van der Waals surface area contributed by atoms with Gasteiger partial charge in [0.1, 0.15) is 5.82 Å². The molecule has 0 radical (unpaired) electrons. The van der Waals surface area contributed by atoms with E-state index in [4.69, 9.17) is 23.2 Å². The van der Waals surface area contributed by atoms with Crippen LogP contribution in [0, 0.1) is 11.7 Å². The number of hydrogen-bond acceptors (Lipinski definition) is 1. The van der Waals surface area contributed by atoms with E-state index in [1.165, 1.54) is 4.90 Å². The molecule has 0 spiro atoms. The first-order valence-corrected chi connectivity index (χ1v) is 6.91. The zero-order valence-electron chi connectivity index (χ0n) is 8.72. The van der Waals surface area contributed by atoms with Crippen molar-refractivity contribution in [1.82, 2.24) is 0 Å². The number of anilines is 1. The summed E-state index contributed by atoms with van der Waals surface area (Å²) in [7, 11) is 0. The molecule has 1 atom stereocenters. The fourth-order valence-electron chi connectivity index (χ4n) is 1.89. The number of nitrogens with zero attached hydrogens (tertiary/aromatic N) is 1. The van der Waals surface area contributed by atoms with Crippen molar-refractivity contribution in [2.75, 3.05) is 16.8 Å². The number of carbonyl (C=O) groups excluding carboxylic acids is 1. The molecule has 0 saturated carbocycles. The highest BCUT2D eigenvalue weighted by atomic mass is 79.9. The van der Waals surface area contributed by atoms with E-state index in [9.17, 15) is 9.18 Å². The zero-order chi connectivity index (χ0) is 12.6. The van der Waals surface area contributed by atoms with Crippen molar-refractivity contribution < 1.29 is 9.18 Å². The van der Waals surface area contributed by atoms with Gasteiger partial charge in [0.15, 0.2) is 0 Å². The van der Waals surface area contributed by atoms with Gasteiger partial charge in [-0.1, -0.05) is 39.1 Å². The second kappa shape index (κ2) is 5.12. The summed E-state index contributed by atoms with van der Waals surface area (Å²) in [6.07, 6.45) is 0.454.